The SMILES string of the molecule is Cc1ccc(NC(=O)COC(=O)c2ccc3ncsc3c2)c(C)c1. The third-order valence-corrected chi connectivity index (χ3v) is 4.35. The van der Waals surface area contributed by atoms with Crippen molar-refractivity contribution in [1.82, 2.24) is 4.98 Å². The van der Waals surface area contributed by atoms with E-state index in [9.17, 15) is 9.59 Å². The van der Waals surface area contributed by atoms with Crippen LogP contribution in [-0.2, 0) is 9.53 Å². The Morgan fingerprint density at radius 3 is 2.79 bits per heavy atom. The maximum absolute atomic E-state index is 12.1. The number of thiazole rings is 1. The van der Waals surface area contributed by atoms with Crippen LogP contribution in [0.15, 0.2) is 41.9 Å². The summed E-state index contributed by atoms with van der Waals surface area (Å²) in [7, 11) is 0. The van der Waals surface area contributed by atoms with Crippen LogP contribution in [0.5, 0.6) is 0 Å². The number of carbonyl (C=O) groups is 2. The lowest BCUT2D eigenvalue weighted by Crippen LogP contribution is -2.21. The number of anilines is 1. The molecule has 1 amide bonds. The van der Waals surface area contributed by atoms with Gasteiger partial charge in [0.05, 0.1) is 21.3 Å². The van der Waals surface area contributed by atoms with E-state index in [1.165, 1.54) is 11.3 Å². The average molecular weight is 340 g/mol. The van der Waals surface area contributed by atoms with Gasteiger partial charge in [0.25, 0.3) is 5.91 Å². The summed E-state index contributed by atoms with van der Waals surface area (Å²) in [5.74, 6) is -0.893. The number of nitrogens with one attached hydrogen (secondary N) is 1. The number of nitrogens with zero attached hydrogens (tertiary/aromatic N) is 1. The largest absolute Gasteiger partial charge is 0.452 e. The van der Waals surface area contributed by atoms with Crippen molar-refractivity contribution in [2.75, 3.05) is 11.9 Å². The van der Waals surface area contributed by atoms with Gasteiger partial charge in [-0.1, -0.05) is 17.7 Å². The Kier molecular flexibility index (Phi) is 4.57. The summed E-state index contributed by atoms with van der Waals surface area (Å²) >= 11 is 1.45. The highest BCUT2D eigenvalue weighted by atomic mass is 32.1. The smallest absolute Gasteiger partial charge is 0.338 e. The Hall–Kier alpha value is -2.73. The van der Waals surface area contributed by atoms with Crippen LogP contribution in [0.2, 0.25) is 0 Å². The zero-order valence-electron chi connectivity index (χ0n) is 13.3. The van der Waals surface area contributed by atoms with Crippen LogP contribution < -0.4 is 5.32 Å². The number of carbonyl (C=O) groups excluding carboxylic acids is 2. The number of rotatable bonds is 4. The number of aryl methyl sites for hydroxylation is 2. The predicted molar refractivity (Wildman–Crippen MR) is 94.4 cm³/mol. The number of ether oxygens (including phenoxy) is 1. The van der Waals surface area contributed by atoms with Gasteiger partial charge in [-0.3, -0.25) is 4.79 Å². The Labute approximate surface area is 143 Å². The van der Waals surface area contributed by atoms with Crippen LogP contribution >= 0.6 is 11.3 Å². The van der Waals surface area contributed by atoms with Crippen molar-refractivity contribution >= 4 is 39.1 Å². The molecule has 0 bridgehead atoms. The minimum Gasteiger partial charge on any atom is -0.452 e. The summed E-state index contributed by atoms with van der Waals surface area (Å²) < 4.78 is 5.99. The highest BCUT2D eigenvalue weighted by Crippen LogP contribution is 2.19. The zero-order chi connectivity index (χ0) is 17.1. The normalized spacial score (nSPS) is 10.6. The van der Waals surface area contributed by atoms with Crippen molar-refractivity contribution < 1.29 is 14.3 Å². The highest BCUT2D eigenvalue weighted by Gasteiger charge is 2.12. The van der Waals surface area contributed by atoms with Gasteiger partial charge in [0.15, 0.2) is 6.61 Å². The summed E-state index contributed by atoms with van der Waals surface area (Å²) in [5.41, 5.74) is 5.76. The van der Waals surface area contributed by atoms with E-state index in [1.54, 1.807) is 23.7 Å². The van der Waals surface area contributed by atoms with Gasteiger partial charge in [0.1, 0.15) is 0 Å². The fraction of sp³-hybridized carbons (Fsp3) is 0.167. The average Bonchev–Trinajstić information content (AvgIpc) is 3.03. The molecule has 0 aliphatic rings. The minimum absolute atomic E-state index is 0.327. The maximum atomic E-state index is 12.1. The molecule has 0 atom stereocenters. The lowest BCUT2D eigenvalue weighted by molar-refractivity contribution is -0.119. The van der Waals surface area contributed by atoms with E-state index in [1.807, 2.05) is 32.0 Å². The quantitative estimate of drug-likeness (QED) is 0.735. The van der Waals surface area contributed by atoms with Gasteiger partial charge in [-0.15, -0.1) is 11.3 Å². The van der Waals surface area contributed by atoms with Crippen molar-refractivity contribution in [3.8, 4) is 0 Å². The molecule has 24 heavy (non-hydrogen) atoms. The molecule has 0 unspecified atom stereocenters. The molecule has 5 nitrogen and oxygen atoms in total. The molecule has 0 radical (unpaired) electrons. The van der Waals surface area contributed by atoms with E-state index >= 15 is 0 Å². The molecule has 1 N–H and O–H groups in total. The molecule has 122 valence electrons. The predicted octanol–water partition coefficient (Wildman–Crippen LogP) is 3.71. The number of hydrogen-bond donors (Lipinski definition) is 1. The Bertz CT molecular complexity index is 918. The van der Waals surface area contributed by atoms with Gasteiger partial charge in [0, 0.05) is 5.69 Å². The topological polar surface area (TPSA) is 68.3 Å². The molecule has 0 aliphatic carbocycles. The molecular weight excluding hydrogens is 324 g/mol. The molecule has 0 aliphatic heterocycles. The lowest BCUT2D eigenvalue weighted by atomic mass is 10.1. The monoisotopic (exact) mass is 340 g/mol. The standard InChI is InChI=1S/C18H16N2O3S/c1-11-3-5-14(12(2)7-11)20-17(21)9-23-18(22)13-4-6-15-16(8-13)24-10-19-15/h3-8,10H,9H2,1-2H3,(H,20,21). The number of aromatic nitrogens is 1. The van der Waals surface area contributed by atoms with E-state index in [2.05, 4.69) is 10.3 Å². The number of benzene rings is 2. The summed E-state index contributed by atoms with van der Waals surface area (Å²) in [4.78, 5) is 28.2. The number of esters is 1. The first-order valence-corrected chi connectivity index (χ1v) is 8.28. The van der Waals surface area contributed by atoms with Crippen molar-refractivity contribution in [2.45, 2.75) is 13.8 Å². The second-order valence-corrected chi connectivity index (χ2v) is 6.36. The fourth-order valence-corrected chi connectivity index (χ4v) is 3.05. The van der Waals surface area contributed by atoms with Crippen molar-refractivity contribution in [1.29, 1.82) is 0 Å². The second kappa shape index (κ2) is 6.80. The first-order valence-electron chi connectivity index (χ1n) is 7.40. The third kappa shape index (κ3) is 3.60. The van der Waals surface area contributed by atoms with E-state index in [-0.39, 0.29) is 12.5 Å². The van der Waals surface area contributed by atoms with E-state index < -0.39 is 5.97 Å². The van der Waals surface area contributed by atoms with E-state index in [0.717, 1.165) is 21.3 Å². The van der Waals surface area contributed by atoms with Gasteiger partial charge < -0.3 is 10.1 Å². The maximum Gasteiger partial charge on any atom is 0.338 e. The summed E-state index contributed by atoms with van der Waals surface area (Å²) in [6.07, 6.45) is 0. The molecule has 0 spiro atoms. The molecule has 1 aromatic heterocycles. The summed E-state index contributed by atoms with van der Waals surface area (Å²) in [6.45, 7) is 3.58. The fourth-order valence-electron chi connectivity index (χ4n) is 2.34. The molecule has 1 heterocycles. The molecule has 3 aromatic rings. The van der Waals surface area contributed by atoms with Crippen molar-refractivity contribution in [3.05, 3.63) is 58.6 Å². The van der Waals surface area contributed by atoms with Crippen LogP contribution in [0.1, 0.15) is 21.5 Å². The number of fused-ring (bicyclic) bond motifs is 1. The van der Waals surface area contributed by atoms with Gasteiger partial charge in [-0.05, 0) is 43.7 Å². The molecule has 6 heteroatoms. The minimum atomic E-state index is -0.527. The zero-order valence-corrected chi connectivity index (χ0v) is 14.1. The Morgan fingerprint density at radius 2 is 2.00 bits per heavy atom. The molecule has 2 aromatic carbocycles. The summed E-state index contributed by atoms with van der Waals surface area (Å²) in [6, 6.07) is 10.9. The molecule has 0 saturated heterocycles. The molecule has 0 fully saturated rings. The van der Waals surface area contributed by atoms with Crippen LogP contribution in [-0.4, -0.2) is 23.5 Å². The lowest BCUT2D eigenvalue weighted by Gasteiger charge is -2.09. The van der Waals surface area contributed by atoms with E-state index in [4.69, 9.17) is 4.74 Å². The van der Waals surface area contributed by atoms with Crippen LogP contribution in [0, 0.1) is 13.8 Å². The number of amides is 1. The first kappa shape index (κ1) is 16.1. The van der Waals surface area contributed by atoms with Crippen LogP contribution in [0.25, 0.3) is 10.2 Å². The van der Waals surface area contributed by atoms with Crippen molar-refractivity contribution in [2.24, 2.45) is 0 Å². The third-order valence-electron chi connectivity index (χ3n) is 3.56. The Morgan fingerprint density at radius 1 is 1.17 bits per heavy atom. The van der Waals surface area contributed by atoms with E-state index in [0.29, 0.717) is 11.3 Å². The van der Waals surface area contributed by atoms with Crippen molar-refractivity contribution in [3.63, 3.8) is 0 Å². The summed E-state index contributed by atoms with van der Waals surface area (Å²) in [5, 5.41) is 2.75. The first-order chi connectivity index (χ1) is 11.5. The van der Waals surface area contributed by atoms with Crippen LogP contribution in [0.4, 0.5) is 5.69 Å². The van der Waals surface area contributed by atoms with Gasteiger partial charge in [-0.25, -0.2) is 9.78 Å². The number of hydrogen-bond acceptors (Lipinski definition) is 5. The molecule has 3 rings (SSSR count). The van der Waals surface area contributed by atoms with Gasteiger partial charge >= 0.3 is 5.97 Å². The Balaban J connectivity index is 1.60. The second-order valence-electron chi connectivity index (χ2n) is 5.48. The highest BCUT2D eigenvalue weighted by molar-refractivity contribution is 7.16. The van der Waals surface area contributed by atoms with Gasteiger partial charge in [-0.2, -0.15) is 0 Å². The van der Waals surface area contributed by atoms with Gasteiger partial charge in [0.2, 0.25) is 0 Å². The molecule has 0 saturated carbocycles. The molecular formula is C18H16N2O3S. The van der Waals surface area contributed by atoms with Crippen LogP contribution in [0.3, 0.4) is 0 Å².